The smallest absolute Gasteiger partial charge is 0.0441 e. The quantitative estimate of drug-likeness (QED) is 0.625. The topological polar surface area (TPSA) is 44.3 Å². The van der Waals surface area contributed by atoms with E-state index in [9.17, 15) is 0 Å². The first-order chi connectivity index (χ1) is 7.42. The van der Waals surface area contributed by atoms with E-state index in [2.05, 4.69) is 28.8 Å². The van der Waals surface area contributed by atoms with Gasteiger partial charge in [0.25, 0.3) is 0 Å². The van der Waals surface area contributed by atoms with Crippen molar-refractivity contribution in [1.82, 2.24) is 0 Å². The van der Waals surface area contributed by atoms with Crippen molar-refractivity contribution in [3.63, 3.8) is 0 Å². The van der Waals surface area contributed by atoms with Gasteiger partial charge in [-0.25, -0.2) is 0 Å². The molecule has 2 rings (SSSR count). The molecule has 82 valence electrons. The van der Waals surface area contributed by atoms with Crippen molar-refractivity contribution in [3.8, 4) is 0 Å². The first-order valence-electron chi connectivity index (χ1n) is 5.62. The molecule has 0 bridgehead atoms. The lowest BCUT2D eigenvalue weighted by Crippen LogP contribution is -2.16. The highest BCUT2D eigenvalue weighted by Gasteiger charge is 2.14. The molecule has 0 radical (unpaired) electrons. The molecular formula is C12H18N2O. The highest BCUT2D eigenvalue weighted by molar-refractivity contribution is 5.71. The lowest BCUT2D eigenvalue weighted by Gasteiger charge is -2.25. The molecule has 1 aromatic rings. The Morgan fingerprint density at radius 2 is 2.20 bits per heavy atom. The fourth-order valence-corrected chi connectivity index (χ4v) is 1.82. The van der Waals surface area contributed by atoms with Crippen LogP contribution in [0, 0.1) is 0 Å². The van der Waals surface area contributed by atoms with E-state index in [1.54, 1.807) is 0 Å². The van der Waals surface area contributed by atoms with Gasteiger partial charge in [0.15, 0.2) is 0 Å². The number of hydrogen-bond donors (Lipinski definition) is 3. The minimum Gasteiger partial charge on any atom is -0.396 e. The monoisotopic (exact) mass is 206 g/mol. The van der Waals surface area contributed by atoms with Crippen LogP contribution in [0.2, 0.25) is 0 Å². The summed E-state index contributed by atoms with van der Waals surface area (Å²) < 4.78 is 0. The lowest BCUT2D eigenvalue weighted by atomic mass is 10.0. The predicted molar refractivity (Wildman–Crippen MR) is 63.2 cm³/mol. The van der Waals surface area contributed by atoms with Gasteiger partial charge in [-0.15, -0.1) is 0 Å². The minimum atomic E-state index is 0.310. The fourth-order valence-electron chi connectivity index (χ4n) is 1.82. The number of aliphatic hydroxyl groups is 1. The van der Waals surface area contributed by atoms with Gasteiger partial charge in [-0.3, -0.25) is 0 Å². The number of hydrogen-bond acceptors (Lipinski definition) is 3. The van der Waals surface area contributed by atoms with Gasteiger partial charge < -0.3 is 15.7 Å². The second kappa shape index (κ2) is 5.03. The normalized spacial score (nSPS) is 12.6. The highest BCUT2D eigenvalue weighted by Crippen LogP contribution is 2.31. The lowest BCUT2D eigenvalue weighted by molar-refractivity contribution is 0.283. The second-order valence-electron chi connectivity index (χ2n) is 3.90. The van der Waals surface area contributed by atoms with Crippen molar-refractivity contribution >= 4 is 11.4 Å². The Kier molecular flexibility index (Phi) is 3.45. The number of fused-ring (bicyclic) bond motifs is 1. The standard InChI is InChI=1S/C12H18N2O/c15-8-3-1-2-7-13-11-5-4-6-12-10(11)9-14-12/h4-6,13-15H,1-3,7-9H2. The maximum Gasteiger partial charge on any atom is 0.0441 e. The van der Waals surface area contributed by atoms with E-state index in [4.69, 9.17) is 5.11 Å². The second-order valence-corrected chi connectivity index (χ2v) is 3.90. The molecule has 0 saturated carbocycles. The molecule has 15 heavy (non-hydrogen) atoms. The number of nitrogens with one attached hydrogen (secondary N) is 2. The van der Waals surface area contributed by atoms with Crippen LogP contribution < -0.4 is 10.6 Å². The van der Waals surface area contributed by atoms with Gasteiger partial charge in [0.1, 0.15) is 0 Å². The Morgan fingerprint density at radius 1 is 1.27 bits per heavy atom. The first kappa shape index (κ1) is 10.3. The molecule has 3 heteroatoms. The molecule has 1 heterocycles. The summed E-state index contributed by atoms with van der Waals surface area (Å²) in [6, 6.07) is 6.31. The van der Waals surface area contributed by atoms with Crippen molar-refractivity contribution in [2.24, 2.45) is 0 Å². The zero-order chi connectivity index (χ0) is 10.5. The summed E-state index contributed by atoms with van der Waals surface area (Å²) in [6.07, 6.45) is 3.13. The molecule has 3 nitrogen and oxygen atoms in total. The molecule has 0 aromatic heterocycles. The maximum absolute atomic E-state index is 8.64. The Morgan fingerprint density at radius 3 is 2.93 bits per heavy atom. The van der Waals surface area contributed by atoms with E-state index in [0.29, 0.717) is 6.61 Å². The van der Waals surface area contributed by atoms with Crippen molar-refractivity contribution in [3.05, 3.63) is 23.8 Å². The van der Waals surface area contributed by atoms with Crippen LogP contribution in [-0.2, 0) is 6.54 Å². The number of anilines is 2. The Labute approximate surface area is 90.5 Å². The van der Waals surface area contributed by atoms with Crippen LogP contribution in [0.5, 0.6) is 0 Å². The third kappa shape index (κ3) is 2.42. The highest BCUT2D eigenvalue weighted by atomic mass is 16.2. The van der Waals surface area contributed by atoms with Gasteiger partial charge in [-0.1, -0.05) is 6.07 Å². The minimum absolute atomic E-state index is 0.310. The summed E-state index contributed by atoms with van der Waals surface area (Å²) in [5.74, 6) is 0. The Bertz CT molecular complexity index is 325. The van der Waals surface area contributed by atoms with Gasteiger partial charge in [0.05, 0.1) is 0 Å². The average molecular weight is 206 g/mol. The molecule has 1 aliphatic rings. The van der Waals surface area contributed by atoms with Gasteiger partial charge in [-0.05, 0) is 31.4 Å². The maximum atomic E-state index is 8.64. The Hall–Kier alpha value is -1.22. The van der Waals surface area contributed by atoms with Crippen LogP contribution in [0.4, 0.5) is 11.4 Å². The third-order valence-electron chi connectivity index (χ3n) is 2.78. The fraction of sp³-hybridized carbons (Fsp3) is 0.500. The number of unbranched alkanes of at least 4 members (excludes halogenated alkanes) is 2. The van der Waals surface area contributed by atoms with E-state index >= 15 is 0 Å². The van der Waals surface area contributed by atoms with Crippen molar-refractivity contribution < 1.29 is 5.11 Å². The molecular weight excluding hydrogens is 188 g/mol. The zero-order valence-corrected chi connectivity index (χ0v) is 8.92. The van der Waals surface area contributed by atoms with E-state index in [1.807, 2.05) is 0 Å². The van der Waals surface area contributed by atoms with Crippen LogP contribution in [-0.4, -0.2) is 18.3 Å². The third-order valence-corrected chi connectivity index (χ3v) is 2.78. The molecule has 0 fully saturated rings. The van der Waals surface area contributed by atoms with Gasteiger partial charge in [0.2, 0.25) is 0 Å². The van der Waals surface area contributed by atoms with E-state index < -0.39 is 0 Å². The van der Waals surface area contributed by atoms with Crippen LogP contribution in [0.25, 0.3) is 0 Å². The van der Waals surface area contributed by atoms with Crippen molar-refractivity contribution in [1.29, 1.82) is 0 Å². The van der Waals surface area contributed by atoms with Gasteiger partial charge in [-0.2, -0.15) is 0 Å². The predicted octanol–water partition coefficient (Wildman–Crippen LogP) is 2.19. The van der Waals surface area contributed by atoms with E-state index in [1.165, 1.54) is 16.9 Å². The first-order valence-corrected chi connectivity index (χ1v) is 5.62. The molecule has 0 unspecified atom stereocenters. The number of aliphatic hydroxyl groups excluding tert-OH is 1. The van der Waals surface area contributed by atoms with Crippen LogP contribution in [0.3, 0.4) is 0 Å². The van der Waals surface area contributed by atoms with Crippen LogP contribution in [0.15, 0.2) is 18.2 Å². The molecule has 1 aliphatic heterocycles. The summed E-state index contributed by atoms with van der Waals surface area (Å²) in [5, 5.41) is 15.4. The SMILES string of the molecule is OCCCCCNc1cccc2c1CN2. The summed E-state index contributed by atoms with van der Waals surface area (Å²) >= 11 is 0. The van der Waals surface area contributed by atoms with Gasteiger partial charge >= 0.3 is 0 Å². The Balaban J connectivity index is 1.77. The van der Waals surface area contributed by atoms with E-state index in [0.717, 1.165) is 32.4 Å². The van der Waals surface area contributed by atoms with Crippen LogP contribution in [0.1, 0.15) is 24.8 Å². The van der Waals surface area contributed by atoms with E-state index in [-0.39, 0.29) is 0 Å². The molecule has 0 saturated heterocycles. The number of rotatable bonds is 6. The summed E-state index contributed by atoms with van der Waals surface area (Å²) in [5.41, 5.74) is 3.92. The summed E-state index contributed by atoms with van der Waals surface area (Å²) in [7, 11) is 0. The van der Waals surface area contributed by atoms with Crippen molar-refractivity contribution in [2.75, 3.05) is 23.8 Å². The molecule has 0 atom stereocenters. The average Bonchev–Trinajstić information content (AvgIpc) is 2.20. The summed E-state index contributed by atoms with van der Waals surface area (Å²) in [6.45, 7) is 2.29. The molecule has 0 amide bonds. The van der Waals surface area contributed by atoms with Crippen LogP contribution >= 0.6 is 0 Å². The summed E-state index contributed by atoms with van der Waals surface area (Å²) in [4.78, 5) is 0. The molecule has 3 N–H and O–H groups in total. The van der Waals surface area contributed by atoms with Crippen molar-refractivity contribution in [2.45, 2.75) is 25.8 Å². The zero-order valence-electron chi connectivity index (χ0n) is 8.92. The largest absolute Gasteiger partial charge is 0.396 e. The molecule has 0 spiro atoms. The molecule has 0 aliphatic carbocycles. The van der Waals surface area contributed by atoms with Gasteiger partial charge in [0, 0.05) is 36.6 Å². The molecule has 1 aromatic carbocycles. The number of benzene rings is 1.